The number of thioether (sulfide) groups is 1. The second-order valence-electron chi connectivity index (χ2n) is 5.97. The summed E-state index contributed by atoms with van der Waals surface area (Å²) < 4.78 is 7.25. The highest BCUT2D eigenvalue weighted by Crippen LogP contribution is 2.25. The number of carbonyl (C=O) groups excluding carboxylic acids is 1. The maximum Gasteiger partial charge on any atom is 0.253 e. The van der Waals surface area contributed by atoms with Gasteiger partial charge in [0.15, 0.2) is 5.16 Å². The van der Waals surface area contributed by atoms with Crippen LogP contribution in [0.2, 0.25) is 0 Å². The van der Waals surface area contributed by atoms with Gasteiger partial charge in [-0.3, -0.25) is 9.36 Å². The van der Waals surface area contributed by atoms with Crippen molar-refractivity contribution in [3.8, 4) is 11.4 Å². The summed E-state index contributed by atoms with van der Waals surface area (Å²) in [5.41, 5.74) is 2.82. The minimum Gasteiger partial charge on any atom is -0.497 e. The molecular weight excluding hydrogens is 346 g/mol. The van der Waals surface area contributed by atoms with Crippen LogP contribution in [0.15, 0.2) is 66.1 Å². The lowest BCUT2D eigenvalue weighted by atomic mass is 10.1. The van der Waals surface area contributed by atoms with Crippen molar-refractivity contribution in [2.75, 3.05) is 21.2 Å². The lowest BCUT2D eigenvalue weighted by Crippen LogP contribution is -2.21. The molecule has 0 bridgehead atoms. The predicted molar refractivity (Wildman–Crippen MR) is 104 cm³/mol. The van der Waals surface area contributed by atoms with E-state index in [2.05, 4.69) is 4.98 Å². The van der Waals surface area contributed by atoms with Crippen LogP contribution >= 0.6 is 11.8 Å². The number of ether oxygens (including phenoxy) is 1. The highest BCUT2D eigenvalue weighted by Gasteiger charge is 2.10. The first-order chi connectivity index (χ1) is 12.6. The number of amides is 1. The summed E-state index contributed by atoms with van der Waals surface area (Å²) in [6, 6.07) is 15.6. The van der Waals surface area contributed by atoms with Crippen molar-refractivity contribution in [3.63, 3.8) is 0 Å². The van der Waals surface area contributed by atoms with E-state index in [0.29, 0.717) is 5.56 Å². The summed E-state index contributed by atoms with van der Waals surface area (Å²) in [5.74, 6) is 1.57. The zero-order valence-electron chi connectivity index (χ0n) is 15.0. The lowest BCUT2D eigenvalue weighted by Gasteiger charge is -2.11. The van der Waals surface area contributed by atoms with Crippen LogP contribution in [0.3, 0.4) is 0 Å². The molecule has 5 nitrogen and oxygen atoms in total. The molecular formula is C20H21N3O2S. The molecule has 0 fully saturated rings. The van der Waals surface area contributed by atoms with E-state index in [-0.39, 0.29) is 5.91 Å². The topological polar surface area (TPSA) is 47.4 Å². The van der Waals surface area contributed by atoms with Gasteiger partial charge in [0.1, 0.15) is 5.75 Å². The van der Waals surface area contributed by atoms with Gasteiger partial charge in [0.25, 0.3) is 5.91 Å². The van der Waals surface area contributed by atoms with Crippen LogP contribution in [0.25, 0.3) is 5.69 Å². The second-order valence-corrected chi connectivity index (χ2v) is 6.91. The first-order valence-corrected chi connectivity index (χ1v) is 9.18. The molecule has 3 rings (SSSR count). The van der Waals surface area contributed by atoms with Crippen molar-refractivity contribution in [1.29, 1.82) is 0 Å². The summed E-state index contributed by atoms with van der Waals surface area (Å²) >= 11 is 1.64. The number of hydrogen-bond donors (Lipinski definition) is 0. The normalized spacial score (nSPS) is 10.6. The van der Waals surface area contributed by atoms with Crippen LogP contribution in [0.1, 0.15) is 15.9 Å². The summed E-state index contributed by atoms with van der Waals surface area (Å²) in [4.78, 5) is 18.2. The van der Waals surface area contributed by atoms with Gasteiger partial charge >= 0.3 is 0 Å². The minimum atomic E-state index is 0.0107. The van der Waals surface area contributed by atoms with Crippen molar-refractivity contribution in [3.05, 3.63) is 72.1 Å². The highest BCUT2D eigenvalue weighted by atomic mass is 32.2. The molecule has 1 amide bonds. The van der Waals surface area contributed by atoms with E-state index in [1.165, 1.54) is 0 Å². The van der Waals surface area contributed by atoms with Crippen LogP contribution in [-0.4, -0.2) is 41.6 Å². The van der Waals surface area contributed by atoms with Crippen molar-refractivity contribution in [2.24, 2.45) is 0 Å². The molecule has 0 atom stereocenters. The van der Waals surface area contributed by atoms with Gasteiger partial charge in [-0.2, -0.15) is 0 Å². The SMILES string of the molecule is COc1ccc(-n2ccnc2SCc2cccc(C(=O)N(C)C)c2)cc1. The largest absolute Gasteiger partial charge is 0.497 e. The molecule has 0 N–H and O–H groups in total. The Labute approximate surface area is 157 Å². The molecule has 134 valence electrons. The van der Waals surface area contributed by atoms with Gasteiger partial charge in [-0.15, -0.1) is 0 Å². The molecule has 0 radical (unpaired) electrons. The Hall–Kier alpha value is -2.73. The minimum absolute atomic E-state index is 0.0107. The molecule has 0 saturated heterocycles. The van der Waals surface area contributed by atoms with E-state index in [9.17, 15) is 4.79 Å². The standard InChI is InChI=1S/C20H21N3O2S/c1-22(2)19(24)16-6-4-5-15(13-16)14-26-20-21-11-12-23(20)17-7-9-18(25-3)10-8-17/h4-13H,14H2,1-3H3. The third-order valence-electron chi connectivity index (χ3n) is 3.91. The lowest BCUT2D eigenvalue weighted by molar-refractivity contribution is 0.0827. The van der Waals surface area contributed by atoms with Gasteiger partial charge in [0.05, 0.1) is 7.11 Å². The number of benzene rings is 2. The maximum absolute atomic E-state index is 12.1. The second kappa shape index (κ2) is 8.10. The third-order valence-corrected chi connectivity index (χ3v) is 4.94. The van der Waals surface area contributed by atoms with E-state index < -0.39 is 0 Å². The number of imidazole rings is 1. The Morgan fingerprint density at radius 1 is 1.19 bits per heavy atom. The van der Waals surface area contributed by atoms with Gasteiger partial charge in [-0.1, -0.05) is 23.9 Å². The van der Waals surface area contributed by atoms with Crippen LogP contribution in [0, 0.1) is 0 Å². The number of nitrogens with zero attached hydrogens (tertiary/aromatic N) is 3. The molecule has 0 saturated carbocycles. The van der Waals surface area contributed by atoms with Crippen LogP contribution < -0.4 is 4.74 Å². The average Bonchev–Trinajstić information content (AvgIpc) is 3.14. The highest BCUT2D eigenvalue weighted by molar-refractivity contribution is 7.98. The Morgan fingerprint density at radius 2 is 1.96 bits per heavy atom. The Bertz CT molecular complexity index is 888. The summed E-state index contributed by atoms with van der Waals surface area (Å²) in [6.07, 6.45) is 3.73. The Balaban J connectivity index is 1.74. The van der Waals surface area contributed by atoms with E-state index >= 15 is 0 Å². The summed E-state index contributed by atoms with van der Waals surface area (Å²) in [5, 5.41) is 0.902. The molecule has 2 aromatic carbocycles. The van der Waals surface area contributed by atoms with E-state index in [1.54, 1.807) is 44.1 Å². The fourth-order valence-electron chi connectivity index (χ4n) is 2.54. The molecule has 1 aromatic heterocycles. The van der Waals surface area contributed by atoms with Gasteiger partial charge in [-0.05, 0) is 42.0 Å². The van der Waals surface area contributed by atoms with Gasteiger partial charge in [0, 0.05) is 43.5 Å². The molecule has 3 aromatic rings. The van der Waals surface area contributed by atoms with Crippen LogP contribution in [-0.2, 0) is 5.75 Å². The number of carbonyl (C=O) groups is 1. The van der Waals surface area contributed by atoms with Gasteiger partial charge in [-0.25, -0.2) is 4.98 Å². The predicted octanol–water partition coefficient (Wildman–Crippen LogP) is 3.88. The van der Waals surface area contributed by atoms with E-state index in [1.807, 2.05) is 59.3 Å². The molecule has 0 aliphatic rings. The van der Waals surface area contributed by atoms with E-state index in [4.69, 9.17) is 4.74 Å². The van der Waals surface area contributed by atoms with Crippen molar-refractivity contribution >= 4 is 17.7 Å². The number of rotatable bonds is 6. The first-order valence-electron chi connectivity index (χ1n) is 8.19. The van der Waals surface area contributed by atoms with Gasteiger partial charge in [0.2, 0.25) is 0 Å². The summed E-state index contributed by atoms with van der Waals surface area (Å²) in [7, 11) is 5.17. The van der Waals surface area contributed by atoms with Crippen molar-refractivity contribution in [1.82, 2.24) is 14.5 Å². The molecule has 1 heterocycles. The first kappa shape index (κ1) is 18.1. The maximum atomic E-state index is 12.1. The number of hydrogen-bond acceptors (Lipinski definition) is 4. The fraction of sp³-hybridized carbons (Fsp3) is 0.200. The Kier molecular flexibility index (Phi) is 5.63. The van der Waals surface area contributed by atoms with Crippen LogP contribution in [0.4, 0.5) is 0 Å². The molecule has 0 aliphatic carbocycles. The molecule has 0 unspecified atom stereocenters. The van der Waals surface area contributed by atoms with Gasteiger partial charge < -0.3 is 9.64 Å². The molecule has 6 heteroatoms. The van der Waals surface area contributed by atoms with Crippen LogP contribution in [0.5, 0.6) is 5.75 Å². The van der Waals surface area contributed by atoms with Crippen molar-refractivity contribution in [2.45, 2.75) is 10.9 Å². The summed E-state index contributed by atoms with van der Waals surface area (Å²) in [6.45, 7) is 0. The molecule has 26 heavy (non-hydrogen) atoms. The van der Waals surface area contributed by atoms with Crippen molar-refractivity contribution < 1.29 is 9.53 Å². The third kappa shape index (κ3) is 4.08. The zero-order chi connectivity index (χ0) is 18.5. The average molecular weight is 367 g/mol. The molecule has 0 aliphatic heterocycles. The quantitative estimate of drug-likeness (QED) is 0.621. The number of methoxy groups -OCH3 is 1. The Morgan fingerprint density at radius 3 is 2.65 bits per heavy atom. The van der Waals surface area contributed by atoms with E-state index in [0.717, 1.165) is 27.9 Å². The number of aromatic nitrogens is 2. The monoisotopic (exact) mass is 367 g/mol. The smallest absolute Gasteiger partial charge is 0.253 e. The fourth-order valence-corrected chi connectivity index (χ4v) is 3.45. The zero-order valence-corrected chi connectivity index (χ0v) is 15.9. The molecule has 0 spiro atoms.